The van der Waals surface area contributed by atoms with E-state index in [2.05, 4.69) is 373 Å². The zero-order chi connectivity index (χ0) is 81.0. The molecule has 0 bridgehead atoms. The maximum absolute atomic E-state index is 6.56. The summed E-state index contributed by atoms with van der Waals surface area (Å²) in [6, 6.07) is 138. The average molecular weight is 1570 g/mol. The molecule has 23 aromatic rings. The number of nitrogens with zero attached hydrogens (tertiary/aromatic N) is 6. The van der Waals surface area contributed by atoms with E-state index in [9.17, 15) is 0 Å². The summed E-state index contributed by atoms with van der Waals surface area (Å²) in [5, 5.41) is 13.5. The maximum atomic E-state index is 6.56. The molecule has 9 heteroatoms. The summed E-state index contributed by atoms with van der Waals surface area (Å²) >= 11 is 0. The van der Waals surface area contributed by atoms with E-state index >= 15 is 0 Å². The molecule has 9 heterocycles. The molecule has 0 aliphatic carbocycles. The molecule has 0 spiro atoms. The molecule has 9 nitrogen and oxygen atoms in total. The van der Waals surface area contributed by atoms with E-state index in [4.69, 9.17) is 29.2 Å². The van der Waals surface area contributed by atoms with Crippen LogP contribution in [-0.4, -0.2) is 29.9 Å². The molecule has 3 aliphatic rings. The molecule has 3 aliphatic heterocycles. The van der Waals surface area contributed by atoms with Gasteiger partial charge in [0.05, 0.1) is 50.2 Å². The molecular formula is C114H68N6O3. The van der Waals surface area contributed by atoms with Gasteiger partial charge in [-0.1, -0.05) is 291 Å². The molecule has 0 radical (unpaired) electrons. The minimum atomic E-state index is 0.875. The third-order valence-corrected chi connectivity index (χ3v) is 24.3. The van der Waals surface area contributed by atoms with Gasteiger partial charge in [-0.3, -0.25) is 15.0 Å². The zero-order valence-electron chi connectivity index (χ0n) is 66.2. The second-order valence-electron chi connectivity index (χ2n) is 31.4. The number of pyridine rings is 6. The molecule has 26 rings (SSSR count). The smallest absolute Gasteiger partial charge is 0.135 e. The van der Waals surface area contributed by atoms with Gasteiger partial charge in [-0.2, -0.15) is 0 Å². The average Bonchev–Trinajstić information content (AvgIpc) is 0.740. The quantitative estimate of drug-likeness (QED) is 0.138. The van der Waals surface area contributed by atoms with Crippen molar-refractivity contribution in [1.82, 2.24) is 29.9 Å². The maximum Gasteiger partial charge on any atom is 0.135 e. The normalized spacial score (nSPS) is 11.9. The van der Waals surface area contributed by atoms with Gasteiger partial charge in [0.2, 0.25) is 0 Å². The molecule has 0 saturated carbocycles. The van der Waals surface area contributed by atoms with Crippen LogP contribution in [0.1, 0.15) is 0 Å². The second-order valence-corrected chi connectivity index (χ2v) is 31.4. The number of ether oxygens (including phenoxy) is 3. The molecule has 123 heavy (non-hydrogen) atoms. The number of hydrogen-bond donors (Lipinski definition) is 0. The van der Waals surface area contributed by atoms with Crippen LogP contribution in [0.4, 0.5) is 0 Å². The van der Waals surface area contributed by atoms with Crippen molar-refractivity contribution >= 4 is 97.7 Å². The second kappa shape index (κ2) is 29.2. The molecule has 0 unspecified atom stereocenters. The zero-order valence-corrected chi connectivity index (χ0v) is 66.2. The van der Waals surface area contributed by atoms with Gasteiger partial charge in [-0.25, -0.2) is 15.0 Å². The van der Waals surface area contributed by atoms with Crippen molar-refractivity contribution in [2.24, 2.45) is 0 Å². The summed E-state index contributed by atoms with van der Waals surface area (Å²) in [6.45, 7) is 0. The van der Waals surface area contributed by atoms with Crippen molar-refractivity contribution < 1.29 is 14.2 Å². The number of fused-ring (bicyclic) bond motifs is 15. The van der Waals surface area contributed by atoms with Crippen LogP contribution in [0.5, 0.6) is 34.5 Å². The Labute approximate surface area is 707 Å². The number of hydrogen-bond acceptors (Lipinski definition) is 9. The van der Waals surface area contributed by atoms with E-state index in [1.165, 1.54) is 55.3 Å². The Kier molecular flexibility index (Phi) is 16.7. The minimum absolute atomic E-state index is 0.875. The summed E-state index contributed by atoms with van der Waals surface area (Å²) in [7, 11) is 0. The number of aromatic nitrogens is 6. The Morgan fingerprint density at radius 1 is 0.154 bits per heavy atom. The lowest BCUT2D eigenvalue weighted by Gasteiger charge is -2.23. The lowest BCUT2D eigenvalue weighted by molar-refractivity contribution is 0.487. The molecule has 6 aromatic heterocycles. The summed E-state index contributed by atoms with van der Waals surface area (Å²) in [4.78, 5) is 29.1. The molecule has 17 aromatic carbocycles. The van der Waals surface area contributed by atoms with Gasteiger partial charge < -0.3 is 14.2 Å². The van der Waals surface area contributed by atoms with Crippen molar-refractivity contribution in [2.75, 3.05) is 0 Å². The highest BCUT2D eigenvalue weighted by Gasteiger charge is 2.27. The molecular weight excluding hydrogens is 1500 g/mol. The highest BCUT2D eigenvalue weighted by molar-refractivity contribution is 6.15. The molecule has 572 valence electrons. The lowest BCUT2D eigenvalue weighted by Crippen LogP contribution is -1.99. The van der Waals surface area contributed by atoms with Gasteiger partial charge in [0.1, 0.15) is 34.5 Å². The molecule has 0 fully saturated rings. The van der Waals surface area contributed by atoms with Gasteiger partial charge in [0.25, 0.3) is 0 Å². The molecule has 0 N–H and O–H groups in total. The van der Waals surface area contributed by atoms with Gasteiger partial charge in [-0.05, 0) is 192 Å². The lowest BCUT2D eigenvalue weighted by atomic mass is 9.89. The highest BCUT2D eigenvalue weighted by atomic mass is 16.5. The minimum Gasteiger partial charge on any atom is -0.456 e. The Hall–Kier alpha value is -16.6. The van der Waals surface area contributed by atoms with Crippen LogP contribution in [0.2, 0.25) is 0 Å². The number of rotatable bonds is 8. The van der Waals surface area contributed by atoms with Gasteiger partial charge >= 0.3 is 0 Å². The first kappa shape index (κ1) is 70.6. The standard InChI is InChI=1S/2C40H24N2O.C34H20N2O/c1-2-7-25(8-3-1)28-16-18-32-34-13-5-12-33-31(19-21-36(38(33)34)43-37(32)24-28)29-9-4-10-30(23-29)35-20-17-27-15-14-26-11-6-22-41-39(26)40(27)42-35;1-2-6-25(7-3-1)30-17-19-32-34-10-4-9-33-31(20-22-36(38(33)34)43-37(32)24-30)26-11-13-27(14-12-26)35-21-18-29-16-15-28-8-5-23-41-39(28)40(29)42-35;1-2-6-21(7-3-1)24-13-15-26-28-10-4-9-27-25(16-18-30(32(27)28)37-31(26)20-24)29-17-14-23-12-11-22-8-5-19-35-33(22)34(23)36-29/h2*1-24H;1-20H. The molecule has 0 atom stereocenters. The third kappa shape index (κ3) is 12.3. The van der Waals surface area contributed by atoms with Crippen LogP contribution in [0, 0.1) is 0 Å². The van der Waals surface area contributed by atoms with Gasteiger partial charge in [-0.15, -0.1) is 0 Å². The SMILES string of the molecule is c1ccc(-c2ccc3c(c2)Oc2ccc(-c4ccc(-c5ccc6ccc7cccnc7c6n5)cc4)c4cccc-3c24)cc1.c1ccc(-c2ccc3c(c2)Oc2ccc(-c4ccc5ccc6cccnc6c5n4)c4cccc-3c24)cc1.c1ccc(-c2ccc3c(c2)Oc2ccc(-c4cccc(-c5ccc6ccc7cccnc7c6n5)c4)c4cccc-3c24)cc1. The molecule has 0 amide bonds. The fourth-order valence-electron chi connectivity index (χ4n) is 18.4. The van der Waals surface area contributed by atoms with Crippen LogP contribution in [0.3, 0.4) is 0 Å². The Bertz CT molecular complexity index is 8290. The van der Waals surface area contributed by atoms with Crippen LogP contribution in [0.15, 0.2) is 413 Å². The summed E-state index contributed by atoms with van der Waals surface area (Å²) in [5.41, 5.74) is 30.2. The topological polar surface area (TPSA) is 105 Å². The van der Waals surface area contributed by atoms with Crippen LogP contribution >= 0.6 is 0 Å². The van der Waals surface area contributed by atoms with E-state index < -0.39 is 0 Å². The summed E-state index contributed by atoms with van der Waals surface area (Å²) < 4.78 is 19.6. The van der Waals surface area contributed by atoms with Crippen molar-refractivity contribution in [1.29, 1.82) is 0 Å². The van der Waals surface area contributed by atoms with Gasteiger partial charge in [0.15, 0.2) is 0 Å². The number of benzene rings is 17. The summed E-state index contributed by atoms with van der Waals surface area (Å²) in [6.07, 6.45) is 5.49. The van der Waals surface area contributed by atoms with Crippen molar-refractivity contribution in [3.05, 3.63) is 413 Å². The van der Waals surface area contributed by atoms with Crippen LogP contribution < -0.4 is 14.2 Å². The fourth-order valence-corrected chi connectivity index (χ4v) is 18.4. The predicted octanol–water partition coefficient (Wildman–Crippen LogP) is 30.5. The predicted molar refractivity (Wildman–Crippen MR) is 504 cm³/mol. The van der Waals surface area contributed by atoms with Crippen LogP contribution in [0.25, 0.3) is 221 Å². The summed E-state index contributed by atoms with van der Waals surface area (Å²) in [5.74, 6) is 5.32. The largest absolute Gasteiger partial charge is 0.456 e. The van der Waals surface area contributed by atoms with Crippen molar-refractivity contribution in [2.45, 2.75) is 0 Å². The van der Waals surface area contributed by atoms with Gasteiger partial charge in [0, 0.05) is 100 Å². The Morgan fingerprint density at radius 3 is 0.886 bits per heavy atom. The van der Waals surface area contributed by atoms with Crippen molar-refractivity contribution in [3.8, 4) is 157 Å². The van der Waals surface area contributed by atoms with E-state index in [-0.39, 0.29) is 0 Å². The van der Waals surface area contributed by atoms with Crippen molar-refractivity contribution in [3.63, 3.8) is 0 Å². The van der Waals surface area contributed by atoms with E-state index in [0.717, 1.165) is 200 Å². The first-order valence-corrected chi connectivity index (χ1v) is 41.4. The van der Waals surface area contributed by atoms with E-state index in [1.54, 1.807) is 0 Å². The monoisotopic (exact) mass is 1570 g/mol. The fraction of sp³-hybridized carbons (Fsp3) is 0. The Balaban J connectivity index is 0.000000104. The highest BCUT2D eigenvalue weighted by Crippen LogP contribution is 2.54. The third-order valence-electron chi connectivity index (χ3n) is 24.3. The van der Waals surface area contributed by atoms with E-state index in [1.807, 2.05) is 55.0 Å². The molecule has 0 saturated heterocycles. The Morgan fingerprint density at radius 2 is 0.463 bits per heavy atom. The first-order valence-electron chi connectivity index (χ1n) is 41.4. The van der Waals surface area contributed by atoms with Crippen LogP contribution in [-0.2, 0) is 0 Å². The van der Waals surface area contributed by atoms with E-state index in [0.29, 0.717) is 0 Å². The first-order chi connectivity index (χ1) is 60.9.